The minimum absolute atomic E-state index is 0.106. The number of ether oxygens (including phenoxy) is 1. The average molecular weight is 213 g/mol. The monoisotopic (exact) mass is 213 g/mol. The summed E-state index contributed by atoms with van der Waals surface area (Å²) < 4.78 is 6.17. The molecule has 1 rings (SSSR count). The molecule has 84 valence electrons. The predicted octanol–water partition coefficient (Wildman–Crippen LogP) is -0.146. The Labute approximate surface area is 88.6 Å². The Morgan fingerprint density at radius 1 is 1.53 bits per heavy atom. The van der Waals surface area contributed by atoms with E-state index in [9.17, 15) is 4.79 Å². The molecule has 1 N–H and O–H groups in total. The average Bonchev–Trinajstić information content (AvgIpc) is 2.50. The van der Waals surface area contributed by atoms with Gasteiger partial charge in [0.2, 0.25) is 0 Å². The molecule has 0 spiro atoms. The second kappa shape index (κ2) is 4.37. The van der Waals surface area contributed by atoms with Gasteiger partial charge in [-0.15, -0.1) is 0 Å². The highest BCUT2D eigenvalue weighted by atomic mass is 16.5. The minimum atomic E-state index is -0.318. The van der Waals surface area contributed by atoms with Crippen LogP contribution < -0.4 is 4.68 Å². The number of methoxy groups -OCH3 is 1. The van der Waals surface area contributed by atoms with Crippen molar-refractivity contribution in [1.29, 1.82) is 0 Å². The minimum Gasteiger partial charge on any atom is -0.467 e. The second-order valence-electron chi connectivity index (χ2n) is 4.62. The van der Waals surface area contributed by atoms with Crippen molar-refractivity contribution < 1.29 is 14.2 Å². The molecule has 0 aliphatic rings. The molecule has 1 aromatic heterocycles. The van der Waals surface area contributed by atoms with Crippen molar-refractivity contribution >= 4 is 5.97 Å². The van der Waals surface area contributed by atoms with Crippen molar-refractivity contribution in [1.82, 2.24) is 15.5 Å². The normalized spacial score (nSPS) is 11.5. The van der Waals surface area contributed by atoms with Crippen LogP contribution in [0.1, 0.15) is 26.6 Å². The van der Waals surface area contributed by atoms with Crippen LogP contribution in [0.15, 0.2) is 0 Å². The Kier molecular flexibility index (Phi) is 3.39. The lowest BCUT2D eigenvalue weighted by atomic mass is 9.92. The summed E-state index contributed by atoms with van der Waals surface area (Å²) in [6, 6.07) is 0. The smallest absolute Gasteiger partial charge is 0.342 e. The van der Waals surface area contributed by atoms with E-state index in [1.807, 2.05) is 0 Å². The van der Waals surface area contributed by atoms with E-state index in [0.717, 1.165) is 12.2 Å². The fraction of sp³-hybridized carbons (Fsp3) is 0.778. The van der Waals surface area contributed by atoms with Crippen molar-refractivity contribution in [3.05, 3.63) is 5.82 Å². The van der Waals surface area contributed by atoms with Crippen LogP contribution in [0.2, 0.25) is 0 Å². The van der Waals surface area contributed by atoms with Crippen LogP contribution in [0.5, 0.6) is 0 Å². The van der Waals surface area contributed by atoms with Crippen molar-refractivity contribution in [2.45, 2.75) is 33.7 Å². The van der Waals surface area contributed by atoms with Crippen molar-refractivity contribution in [2.75, 3.05) is 7.11 Å². The van der Waals surface area contributed by atoms with E-state index in [0.29, 0.717) is 0 Å². The van der Waals surface area contributed by atoms with E-state index >= 15 is 0 Å². The zero-order valence-corrected chi connectivity index (χ0v) is 9.57. The third kappa shape index (κ3) is 3.65. The summed E-state index contributed by atoms with van der Waals surface area (Å²) in [5, 5.41) is 10.3. The molecule has 6 nitrogen and oxygen atoms in total. The molecule has 6 heteroatoms. The Morgan fingerprint density at radius 2 is 2.20 bits per heavy atom. The molecular formula is C9H17N4O2+. The molecule has 0 fully saturated rings. The number of rotatable bonds is 3. The number of hydrogen-bond donors (Lipinski definition) is 1. The number of esters is 1. The van der Waals surface area contributed by atoms with Crippen LogP contribution in [-0.4, -0.2) is 28.6 Å². The molecule has 15 heavy (non-hydrogen) atoms. The molecule has 0 saturated carbocycles. The van der Waals surface area contributed by atoms with Gasteiger partial charge < -0.3 is 4.74 Å². The molecule has 1 heterocycles. The highest BCUT2D eigenvalue weighted by Gasteiger charge is 2.23. The van der Waals surface area contributed by atoms with Crippen LogP contribution in [0, 0.1) is 5.41 Å². The number of tetrazole rings is 1. The van der Waals surface area contributed by atoms with E-state index in [-0.39, 0.29) is 17.9 Å². The van der Waals surface area contributed by atoms with Gasteiger partial charge >= 0.3 is 11.8 Å². The number of H-pyrrole nitrogens is 1. The third-order valence-electron chi connectivity index (χ3n) is 1.85. The van der Waals surface area contributed by atoms with Gasteiger partial charge in [0.05, 0.1) is 7.11 Å². The van der Waals surface area contributed by atoms with Crippen molar-refractivity contribution in [3.63, 3.8) is 0 Å². The van der Waals surface area contributed by atoms with Gasteiger partial charge in [-0.1, -0.05) is 26.0 Å². The number of aromatic amines is 1. The van der Waals surface area contributed by atoms with Gasteiger partial charge in [-0.25, -0.2) is 4.79 Å². The number of aromatic nitrogens is 4. The van der Waals surface area contributed by atoms with Gasteiger partial charge in [-0.2, -0.15) is 4.68 Å². The molecule has 0 unspecified atom stereocenters. The molecule has 0 bridgehead atoms. The summed E-state index contributed by atoms with van der Waals surface area (Å²) in [7, 11) is 1.36. The predicted molar refractivity (Wildman–Crippen MR) is 51.8 cm³/mol. The van der Waals surface area contributed by atoms with E-state index in [2.05, 4.69) is 41.0 Å². The maximum absolute atomic E-state index is 11.1. The largest absolute Gasteiger partial charge is 0.467 e. The van der Waals surface area contributed by atoms with Crippen LogP contribution >= 0.6 is 0 Å². The highest BCUT2D eigenvalue weighted by molar-refractivity contribution is 5.67. The van der Waals surface area contributed by atoms with Gasteiger partial charge in [0.25, 0.3) is 0 Å². The molecule has 0 atom stereocenters. The summed E-state index contributed by atoms with van der Waals surface area (Å²) in [6.45, 7) is 6.42. The van der Waals surface area contributed by atoms with Gasteiger partial charge in [0.1, 0.15) is 5.10 Å². The highest BCUT2D eigenvalue weighted by Crippen LogP contribution is 2.16. The van der Waals surface area contributed by atoms with E-state index in [1.54, 1.807) is 4.68 Å². The first-order chi connectivity index (χ1) is 6.92. The first-order valence-corrected chi connectivity index (χ1v) is 4.79. The number of nitrogens with zero attached hydrogens (tertiary/aromatic N) is 3. The van der Waals surface area contributed by atoms with Crippen LogP contribution in [-0.2, 0) is 22.5 Å². The lowest BCUT2D eigenvalue weighted by molar-refractivity contribution is -0.751. The quantitative estimate of drug-likeness (QED) is 0.560. The summed E-state index contributed by atoms with van der Waals surface area (Å²) in [5.74, 6) is 0.439. The summed E-state index contributed by atoms with van der Waals surface area (Å²) in [5.41, 5.74) is 0.106. The summed E-state index contributed by atoms with van der Waals surface area (Å²) in [4.78, 5) is 11.1. The van der Waals surface area contributed by atoms with Crippen LogP contribution in [0.25, 0.3) is 0 Å². The molecular weight excluding hydrogens is 196 g/mol. The third-order valence-corrected chi connectivity index (χ3v) is 1.85. The first kappa shape index (κ1) is 11.6. The second-order valence-corrected chi connectivity index (χ2v) is 4.62. The maximum atomic E-state index is 11.1. The van der Waals surface area contributed by atoms with Gasteiger partial charge in [0, 0.05) is 6.42 Å². The van der Waals surface area contributed by atoms with Crippen LogP contribution in [0.3, 0.4) is 0 Å². The van der Waals surface area contributed by atoms with Gasteiger partial charge in [-0.3, -0.25) is 0 Å². The zero-order chi connectivity index (χ0) is 11.5. The van der Waals surface area contributed by atoms with Gasteiger partial charge in [0.15, 0.2) is 11.8 Å². The molecule has 0 saturated heterocycles. The van der Waals surface area contributed by atoms with Crippen molar-refractivity contribution in [2.24, 2.45) is 5.41 Å². The van der Waals surface area contributed by atoms with Crippen molar-refractivity contribution in [3.8, 4) is 0 Å². The Balaban J connectivity index is 2.74. The zero-order valence-electron chi connectivity index (χ0n) is 9.57. The molecule has 0 aromatic carbocycles. The Morgan fingerprint density at radius 3 is 2.73 bits per heavy atom. The number of hydrogen-bond acceptors (Lipinski definition) is 4. The first-order valence-electron chi connectivity index (χ1n) is 4.79. The summed E-state index contributed by atoms with van der Waals surface area (Å²) in [6.07, 6.45) is 0.750. The topological polar surface area (TPSA) is 71.8 Å². The molecule has 0 radical (unpaired) electrons. The molecule has 0 aliphatic carbocycles. The molecule has 0 aliphatic heterocycles. The van der Waals surface area contributed by atoms with E-state index in [4.69, 9.17) is 0 Å². The fourth-order valence-corrected chi connectivity index (χ4v) is 1.17. The molecule has 0 amide bonds. The van der Waals surface area contributed by atoms with E-state index in [1.165, 1.54) is 7.11 Å². The Bertz CT molecular complexity index is 340. The standard InChI is InChI=1S/C9H16N4O2/c1-9(2,3)5-7-10-11-12-13(7)6-8(14)15-4/h5-6H2,1-4H3/p+1. The number of nitrogens with one attached hydrogen (secondary N) is 1. The summed E-state index contributed by atoms with van der Waals surface area (Å²) >= 11 is 0. The van der Waals surface area contributed by atoms with Crippen LogP contribution in [0.4, 0.5) is 0 Å². The molecule has 1 aromatic rings. The maximum Gasteiger partial charge on any atom is 0.342 e. The van der Waals surface area contributed by atoms with E-state index < -0.39 is 0 Å². The lowest BCUT2D eigenvalue weighted by Gasteiger charge is -2.13. The number of carbonyl (C=O) groups excluding carboxylic acids is 1. The SMILES string of the molecule is COC(=O)C[n+]1[nH]nnc1CC(C)(C)C. The lowest BCUT2D eigenvalue weighted by Crippen LogP contribution is -2.44. The van der Waals surface area contributed by atoms with Gasteiger partial charge in [-0.05, 0) is 5.41 Å². The fourth-order valence-electron chi connectivity index (χ4n) is 1.17. The number of carbonyl (C=O) groups is 1. The Hall–Kier alpha value is -1.46.